The molecule has 1 N–H and O–H groups in total. The topological polar surface area (TPSA) is 107 Å². The number of nitrogens with one attached hydrogen (secondary N) is 1. The first-order valence-electron chi connectivity index (χ1n) is 9.24. The number of aromatic nitrogens is 5. The van der Waals surface area contributed by atoms with Crippen LogP contribution in [-0.4, -0.2) is 63.2 Å². The number of imidazole rings is 1. The van der Waals surface area contributed by atoms with Crippen LogP contribution < -0.4 is 10.2 Å². The number of anilines is 2. The number of halogens is 1. The third-order valence-electron chi connectivity index (χ3n) is 4.34. The molecular formula is C18H20BrN7O3. The van der Waals surface area contributed by atoms with Crippen LogP contribution in [0.15, 0.2) is 29.4 Å². The lowest BCUT2D eigenvalue weighted by molar-refractivity contribution is 0.0525. The maximum absolute atomic E-state index is 11.7. The van der Waals surface area contributed by atoms with Crippen molar-refractivity contribution in [3.05, 3.63) is 40.6 Å². The summed E-state index contributed by atoms with van der Waals surface area (Å²) < 4.78 is 13.0. The molecule has 1 aliphatic rings. The van der Waals surface area contributed by atoms with Crippen molar-refractivity contribution in [2.24, 2.45) is 0 Å². The quantitative estimate of drug-likeness (QED) is 0.550. The molecule has 0 aliphatic carbocycles. The molecule has 0 bridgehead atoms. The lowest BCUT2D eigenvalue weighted by Crippen LogP contribution is -2.37. The molecule has 0 amide bonds. The van der Waals surface area contributed by atoms with Gasteiger partial charge in [-0.3, -0.25) is 0 Å². The molecule has 0 spiro atoms. The van der Waals surface area contributed by atoms with E-state index in [2.05, 4.69) is 41.1 Å². The summed E-state index contributed by atoms with van der Waals surface area (Å²) in [6.07, 6.45) is 6.69. The van der Waals surface area contributed by atoms with Crippen molar-refractivity contribution in [3.8, 4) is 0 Å². The van der Waals surface area contributed by atoms with Crippen LogP contribution in [-0.2, 0) is 16.0 Å². The second-order valence-electron chi connectivity index (χ2n) is 6.32. The van der Waals surface area contributed by atoms with Gasteiger partial charge >= 0.3 is 5.97 Å². The van der Waals surface area contributed by atoms with Crippen molar-refractivity contribution in [2.45, 2.75) is 13.5 Å². The number of rotatable bonds is 6. The number of ether oxygens (including phenoxy) is 2. The summed E-state index contributed by atoms with van der Waals surface area (Å²) in [7, 11) is 0. The van der Waals surface area contributed by atoms with Gasteiger partial charge in [-0.15, -0.1) is 0 Å². The van der Waals surface area contributed by atoms with Gasteiger partial charge in [-0.05, 0) is 22.9 Å². The minimum atomic E-state index is -0.437. The summed E-state index contributed by atoms with van der Waals surface area (Å²) in [6.45, 7) is 5.40. The third-order valence-corrected chi connectivity index (χ3v) is 4.72. The second-order valence-corrected chi connectivity index (χ2v) is 7.13. The normalized spacial score (nSPS) is 14.2. The highest BCUT2D eigenvalue weighted by molar-refractivity contribution is 9.10. The van der Waals surface area contributed by atoms with Gasteiger partial charge in [0.2, 0.25) is 5.95 Å². The standard InChI is InChI=1S/C18H20BrN7O3/c1-2-29-17(27)12-7-20-18(21-8-12)22-9-13-10-26-11-14(19)24-16(15(26)23-13)25-3-5-28-6-4-25/h7-8,10-11H,2-6,9H2,1H3,(H,20,21,22). The molecule has 0 saturated carbocycles. The maximum Gasteiger partial charge on any atom is 0.341 e. The fourth-order valence-electron chi connectivity index (χ4n) is 2.98. The Hall–Kier alpha value is -2.79. The van der Waals surface area contributed by atoms with Gasteiger partial charge in [-0.1, -0.05) is 0 Å². The van der Waals surface area contributed by atoms with Crippen molar-refractivity contribution in [1.82, 2.24) is 24.3 Å². The van der Waals surface area contributed by atoms with Crippen LogP contribution in [0.4, 0.5) is 11.8 Å². The number of carbonyl (C=O) groups is 1. The Balaban J connectivity index is 1.49. The van der Waals surface area contributed by atoms with E-state index >= 15 is 0 Å². The SMILES string of the molecule is CCOC(=O)c1cnc(NCc2cn3cc(Br)nc(N4CCOCC4)c3n2)nc1. The fraction of sp³-hybridized carbons (Fsp3) is 0.389. The van der Waals surface area contributed by atoms with Gasteiger partial charge in [0.15, 0.2) is 11.5 Å². The zero-order valence-electron chi connectivity index (χ0n) is 15.8. The first kappa shape index (κ1) is 19.5. The van der Waals surface area contributed by atoms with E-state index in [-0.39, 0.29) is 0 Å². The average molecular weight is 462 g/mol. The Labute approximate surface area is 175 Å². The van der Waals surface area contributed by atoms with E-state index in [1.54, 1.807) is 6.92 Å². The Morgan fingerprint density at radius 3 is 2.72 bits per heavy atom. The van der Waals surface area contributed by atoms with Crippen LogP contribution >= 0.6 is 15.9 Å². The summed E-state index contributed by atoms with van der Waals surface area (Å²) in [5.74, 6) is 0.792. The lowest BCUT2D eigenvalue weighted by atomic mass is 10.3. The number of hydrogen-bond acceptors (Lipinski definition) is 9. The first-order valence-corrected chi connectivity index (χ1v) is 10.0. The van der Waals surface area contributed by atoms with Gasteiger partial charge in [0.05, 0.1) is 37.6 Å². The van der Waals surface area contributed by atoms with Crippen molar-refractivity contribution >= 4 is 39.3 Å². The highest BCUT2D eigenvalue weighted by Crippen LogP contribution is 2.23. The molecule has 0 unspecified atom stereocenters. The minimum absolute atomic E-state index is 0.310. The fourth-order valence-corrected chi connectivity index (χ4v) is 3.37. The van der Waals surface area contributed by atoms with Crippen LogP contribution in [0.5, 0.6) is 0 Å². The molecule has 1 saturated heterocycles. The summed E-state index contributed by atoms with van der Waals surface area (Å²) in [5.41, 5.74) is 1.92. The highest BCUT2D eigenvalue weighted by Gasteiger charge is 2.18. The molecule has 3 aromatic heterocycles. The lowest BCUT2D eigenvalue weighted by Gasteiger charge is -2.27. The van der Waals surface area contributed by atoms with E-state index < -0.39 is 5.97 Å². The zero-order valence-corrected chi connectivity index (χ0v) is 17.4. The molecule has 10 nitrogen and oxygen atoms in total. The van der Waals surface area contributed by atoms with E-state index in [1.807, 2.05) is 16.8 Å². The highest BCUT2D eigenvalue weighted by atomic mass is 79.9. The predicted molar refractivity (Wildman–Crippen MR) is 109 cm³/mol. The molecule has 4 heterocycles. The molecular weight excluding hydrogens is 442 g/mol. The van der Waals surface area contributed by atoms with Crippen LogP contribution in [0.2, 0.25) is 0 Å². The van der Waals surface area contributed by atoms with Crippen molar-refractivity contribution in [3.63, 3.8) is 0 Å². The Kier molecular flexibility index (Phi) is 5.86. The van der Waals surface area contributed by atoms with Gasteiger partial charge in [0.25, 0.3) is 0 Å². The number of carbonyl (C=O) groups excluding carboxylic acids is 1. The predicted octanol–water partition coefficient (Wildman–Crippen LogP) is 1.91. The van der Waals surface area contributed by atoms with E-state index in [4.69, 9.17) is 14.5 Å². The van der Waals surface area contributed by atoms with Gasteiger partial charge < -0.3 is 24.1 Å². The first-order chi connectivity index (χ1) is 14.1. The molecule has 3 aromatic rings. The third kappa shape index (κ3) is 4.46. The van der Waals surface area contributed by atoms with E-state index in [0.29, 0.717) is 37.9 Å². The molecule has 152 valence electrons. The van der Waals surface area contributed by atoms with Crippen LogP contribution in [0.1, 0.15) is 23.0 Å². The minimum Gasteiger partial charge on any atom is -0.462 e. The Morgan fingerprint density at radius 1 is 1.24 bits per heavy atom. The molecule has 1 fully saturated rings. The largest absolute Gasteiger partial charge is 0.462 e. The van der Waals surface area contributed by atoms with Gasteiger partial charge in [0.1, 0.15) is 4.60 Å². The summed E-state index contributed by atoms with van der Waals surface area (Å²) in [6, 6.07) is 0. The Bertz CT molecular complexity index is 1000. The van der Waals surface area contributed by atoms with Crippen LogP contribution in [0.3, 0.4) is 0 Å². The van der Waals surface area contributed by atoms with E-state index in [0.717, 1.165) is 34.9 Å². The maximum atomic E-state index is 11.7. The second kappa shape index (κ2) is 8.70. The molecule has 0 radical (unpaired) electrons. The summed E-state index contributed by atoms with van der Waals surface area (Å²) in [5, 5.41) is 3.12. The number of morpholine rings is 1. The van der Waals surface area contributed by atoms with Crippen molar-refractivity contribution < 1.29 is 14.3 Å². The number of esters is 1. The number of nitrogens with zero attached hydrogens (tertiary/aromatic N) is 6. The molecule has 29 heavy (non-hydrogen) atoms. The van der Waals surface area contributed by atoms with Gasteiger partial charge in [-0.2, -0.15) is 0 Å². The molecule has 11 heteroatoms. The molecule has 1 aliphatic heterocycles. The van der Waals surface area contributed by atoms with Gasteiger partial charge in [-0.25, -0.2) is 24.7 Å². The van der Waals surface area contributed by atoms with Crippen molar-refractivity contribution in [1.29, 1.82) is 0 Å². The van der Waals surface area contributed by atoms with Crippen LogP contribution in [0.25, 0.3) is 5.65 Å². The van der Waals surface area contributed by atoms with Crippen molar-refractivity contribution in [2.75, 3.05) is 43.1 Å². The Morgan fingerprint density at radius 2 is 2.00 bits per heavy atom. The summed E-state index contributed by atoms with van der Waals surface area (Å²) in [4.78, 5) is 31.5. The zero-order chi connectivity index (χ0) is 20.2. The average Bonchev–Trinajstić information content (AvgIpc) is 3.15. The smallest absolute Gasteiger partial charge is 0.341 e. The van der Waals surface area contributed by atoms with Crippen LogP contribution in [0, 0.1) is 0 Å². The molecule has 4 rings (SSSR count). The summed E-state index contributed by atoms with van der Waals surface area (Å²) >= 11 is 3.47. The van der Waals surface area contributed by atoms with Gasteiger partial charge in [0, 0.05) is 37.9 Å². The van der Waals surface area contributed by atoms with E-state index in [1.165, 1.54) is 12.4 Å². The number of hydrogen-bond donors (Lipinski definition) is 1. The van der Waals surface area contributed by atoms with E-state index in [9.17, 15) is 4.79 Å². The number of fused-ring (bicyclic) bond motifs is 1. The molecule has 0 aromatic carbocycles. The monoisotopic (exact) mass is 461 g/mol. The molecule has 0 atom stereocenters.